The number of carbonyl (C=O) groups excluding carboxylic acids is 1. The van der Waals surface area contributed by atoms with Crippen molar-refractivity contribution in [2.24, 2.45) is 0 Å². The number of amides is 1. The summed E-state index contributed by atoms with van der Waals surface area (Å²) in [4.78, 5) is 15.1. The first-order valence-corrected chi connectivity index (χ1v) is 4.89. The van der Waals surface area contributed by atoms with E-state index in [1.54, 1.807) is 0 Å². The van der Waals surface area contributed by atoms with E-state index in [-0.39, 0.29) is 24.6 Å². The molecule has 0 atom stereocenters. The molecule has 2 N–H and O–H groups in total. The van der Waals surface area contributed by atoms with E-state index in [9.17, 15) is 13.6 Å². The average molecular weight is 246 g/mol. The highest BCUT2D eigenvalue weighted by Gasteiger charge is 2.08. The lowest BCUT2D eigenvalue weighted by atomic mass is 10.2. The number of pyridine rings is 1. The van der Waals surface area contributed by atoms with Gasteiger partial charge in [-0.3, -0.25) is 4.79 Å². The van der Waals surface area contributed by atoms with Crippen LogP contribution in [0.25, 0.3) is 0 Å². The van der Waals surface area contributed by atoms with Crippen LogP contribution in [0.1, 0.15) is 10.4 Å². The smallest absolute Gasteiger partial charge is 0.272 e. The molecule has 0 fully saturated rings. The first kappa shape index (κ1) is 13.3. The first-order chi connectivity index (χ1) is 8.13. The summed E-state index contributed by atoms with van der Waals surface area (Å²) >= 11 is 0. The van der Waals surface area contributed by atoms with Crippen LogP contribution >= 0.6 is 0 Å². The van der Waals surface area contributed by atoms with Gasteiger partial charge in [0.05, 0.1) is 6.61 Å². The number of hydrogen-bond donors (Lipinski definition) is 2. The van der Waals surface area contributed by atoms with E-state index in [2.05, 4.69) is 15.0 Å². The number of rotatable bonds is 6. The molecule has 5 nitrogen and oxygen atoms in total. The van der Waals surface area contributed by atoms with Crippen LogP contribution in [0.15, 0.2) is 18.3 Å². The number of aliphatic hydroxyl groups is 1. The van der Waals surface area contributed by atoms with E-state index in [4.69, 9.17) is 5.11 Å². The van der Waals surface area contributed by atoms with Crippen molar-refractivity contribution in [1.29, 1.82) is 0 Å². The molecule has 1 aromatic heterocycles. The molecular weight excluding hydrogens is 234 g/mol. The molecular formula is C10H12F2N2O3. The average Bonchev–Trinajstić information content (AvgIpc) is 2.33. The summed E-state index contributed by atoms with van der Waals surface area (Å²) in [6, 6.07) is 2.68. The minimum absolute atomic E-state index is 0.0399. The van der Waals surface area contributed by atoms with Crippen molar-refractivity contribution in [1.82, 2.24) is 10.3 Å². The summed E-state index contributed by atoms with van der Waals surface area (Å²) in [7, 11) is 0. The summed E-state index contributed by atoms with van der Waals surface area (Å²) in [5, 5.41) is 10.9. The Balaban J connectivity index is 2.61. The van der Waals surface area contributed by atoms with Gasteiger partial charge in [0.25, 0.3) is 12.3 Å². The molecule has 0 aliphatic rings. The molecule has 0 aliphatic carbocycles. The second kappa shape index (κ2) is 6.74. The summed E-state index contributed by atoms with van der Waals surface area (Å²) in [5.74, 6) is -0.467. The molecule has 0 saturated carbocycles. The molecule has 0 spiro atoms. The minimum atomic E-state index is -2.59. The van der Waals surface area contributed by atoms with Crippen LogP contribution in [-0.2, 0) is 0 Å². The summed E-state index contributed by atoms with van der Waals surface area (Å²) in [5.41, 5.74) is 0.234. The molecule has 1 aromatic rings. The van der Waals surface area contributed by atoms with Gasteiger partial charge in [-0.25, -0.2) is 13.8 Å². The number of nitrogens with zero attached hydrogens (tertiary/aromatic N) is 1. The van der Waals surface area contributed by atoms with Gasteiger partial charge in [0.1, 0.15) is 0 Å². The van der Waals surface area contributed by atoms with E-state index in [1.165, 1.54) is 18.3 Å². The molecule has 0 radical (unpaired) electrons. The standard InChI is InChI=1S/C10H12F2N2O3/c11-8(12)6-17-9-5-7(1-2-13-9)10(16)14-3-4-15/h1-2,5,8,15H,3-4,6H2,(H,14,16). The van der Waals surface area contributed by atoms with Crippen LogP contribution in [0.2, 0.25) is 0 Å². The maximum atomic E-state index is 11.9. The Labute approximate surface area is 96.4 Å². The van der Waals surface area contributed by atoms with Gasteiger partial charge in [-0.1, -0.05) is 0 Å². The molecule has 0 saturated heterocycles. The van der Waals surface area contributed by atoms with Crippen molar-refractivity contribution in [3.63, 3.8) is 0 Å². The van der Waals surface area contributed by atoms with Crippen LogP contribution < -0.4 is 10.1 Å². The lowest BCUT2D eigenvalue weighted by Gasteiger charge is -2.06. The highest BCUT2D eigenvalue weighted by Crippen LogP contribution is 2.10. The van der Waals surface area contributed by atoms with Crippen molar-refractivity contribution < 1.29 is 23.4 Å². The Morgan fingerprint density at radius 3 is 3.00 bits per heavy atom. The summed E-state index contributed by atoms with van der Waals surface area (Å²) < 4.78 is 28.4. The van der Waals surface area contributed by atoms with Crippen LogP contribution in [0, 0.1) is 0 Å². The Bertz CT molecular complexity index is 374. The first-order valence-electron chi connectivity index (χ1n) is 4.89. The molecule has 1 heterocycles. The third-order valence-electron chi connectivity index (χ3n) is 1.75. The van der Waals surface area contributed by atoms with Crippen molar-refractivity contribution in [3.05, 3.63) is 23.9 Å². The van der Waals surface area contributed by atoms with Crippen molar-refractivity contribution in [2.45, 2.75) is 6.43 Å². The van der Waals surface area contributed by atoms with Crippen LogP contribution in [-0.4, -0.2) is 42.2 Å². The zero-order valence-corrected chi connectivity index (χ0v) is 8.90. The molecule has 0 aliphatic heterocycles. The van der Waals surface area contributed by atoms with E-state index < -0.39 is 18.9 Å². The summed E-state index contributed by atoms with van der Waals surface area (Å²) in [6.45, 7) is -0.825. The van der Waals surface area contributed by atoms with Gasteiger partial charge >= 0.3 is 0 Å². The van der Waals surface area contributed by atoms with E-state index in [0.29, 0.717) is 0 Å². The number of ether oxygens (including phenoxy) is 1. The van der Waals surface area contributed by atoms with E-state index >= 15 is 0 Å². The Kier molecular flexibility index (Phi) is 5.28. The molecule has 0 aromatic carbocycles. The topological polar surface area (TPSA) is 71.5 Å². The zero-order valence-electron chi connectivity index (χ0n) is 8.90. The van der Waals surface area contributed by atoms with Gasteiger partial charge in [0.2, 0.25) is 5.88 Å². The van der Waals surface area contributed by atoms with Gasteiger partial charge in [0.15, 0.2) is 6.61 Å². The van der Waals surface area contributed by atoms with Gasteiger partial charge < -0.3 is 15.2 Å². The van der Waals surface area contributed by atoms with E-state index in [0.717, 1.165) is 0 Å². The Morgan fingerprint density at radius 2 is 2.35 bits per heavy atom. The SMILES string of the molecule is O=C(NCCO)c1ccnc(OCC(F)F)c1. The van der Waals surface area contributed by atoms with Crippen molar-refractivity contribution in [2.75, 3.05) is 19.8 Å². The summed E-state index contributed by atoms with van der Waals surface area (Å²) in [6.07, 6.45) is -1.31. The number of carbonyl (C=O) groups is 1. The molecule has 7 heteroatoms. The minimum Gasteiger partial charge on any atom is -0.472 e. The van der Waals surface area contributed by atoms with Crippen LogP contribution in [0.4, 0.5) is 8.78 Å². The normalized spacial score (nSPS) is 10.4. The molecule has 94 valence electrons. The monoisotopic (exact) mass is 246 g/mol. The van der Waals surface area contributed by atoms with Crippen LogP contribution in [0.5, 0.6) is 5.88 Å². The number of nitrogens with one attached hydrogen (secondary N) is 1. The van der Waals surface area contributed by atoms with E-state index in [1.807, 2.05) is 0 Å². The van der Waals surface area contributed by atoms with Gasteiger partial charge in [-0.05, 0) is 6.07 Å². The maximum absolute atomic E-state index is 11.9. The largest absolute Gasteiger partial charge is 0.472 e. The third kappa shape index (κ3) is 4.73. The van der Waals surface area contributed by atoms with Crippen molar-refractivity contribution >= 4 is 5.91 Å². The van der Waals surface area contributed by atoms with Gasteiger partial charge in [-0.15, -0.1) is 0 Å². The van der Waals surface area contributed by atoms with Crippen LogP contribution in [0.3, 0.4) is 0 Å². The molecule has 0 unspecified atom stereocenters. The third-order valence-corrected chi connectivity index (χ3v) is 1.75. The second-order valence-electron chi connectivity index (χ2n) is 3.06. The Morgan fingerprint density at radius 1 is 1.59 bits per heavy atom. The lowest BCUT2D eigenvalue weighted by molar-refractivity contribution is 0.0794. The van der Waals surface area contributed by atoms with Gasteiger partial charge in [-0.2, -0.15) is 0 Å². The maximum Gasteiger partial charge on any atom is 0.272 e. The number of halogens is 2. The molecule has 1 amide bonds. The predicted octanol–water partition coefficient (Wildman–Crippen LogP) is 0.448. The highest BCUT2D eigenvalue weighted by atomic mass is 19.3. The highest BCUT2D eigenvalue weighted by molar-refractivity contribution is 5.94. The fourth-order valence-electron chi connectivity index (χ4n) is 1.05. The second-order valence-corrected chi connectivity index (χ2v) is 3.06. The van der Waals surface area contributed by atoms with Crippen molar-refractivity contribution in [3.8, 4) is 5.88 Å². The predicted molar refractivity (Wildman–Crippen MR) is 55.2 cm³/mol. The fourth-order valence-corrected chi connectivity index (χ4v) is 1.05. The molecule has 0 bridgehead atoms. The number of aromatic nitrogens is 1. The molecule has 17 heavy (non-hydrogen) atoms. The number of hydrogen-bond acceptors (Lipinski definition) is 4. The number of aliphatic hydroxyl groups excluding tert-OH is 1. The fraction of sp³-hybridized carbons (Fsp3) is 0.400. The quantitative estimate of drug-likeness (QED) is 0.764. The molecule has 1 rings (SSSR count). The zero-order chi connectivity index (χ0) is 12.7. The number of alkyl halides is 2. The Hall–Kier alpha value is -1.76. The van der Waals surface area contributed by atoms with Gasteiger partial charge in [0, 0.05) is 24.4 Å². The lowest BCUT2D eigenvalue weighted by Crippen LogP contribution is -2.26.